The maximum Gasteiger partial charge on any atom is 0.272 e. The normalized spacial score (nSPS) is 11.5. The van der Waals surface area contributed by atoms with Gasteiger partial charge in [-0.05, 0) is 30.7 Å². The first-order chi connectivity index (χ1) is 8.38. The summed E-state index contributed by atoms with van der Waals surface area (Å²) >= 11 is 12.5. The smallest absolute Gasteiger partial charge is 0.263 e. The second-order valence-corrected chi connectivity index (χ2v) is 7.42. The molecule has 2 aromatic heterocycles. The molecule has 0 aliphatic rings. The number of halogens is 2. The highest BCUT2D eigenvalue weighted by Gasteiger charge is 2.19. The molecule has 0 bridgehead atoms. The van der Waals surface area contributed by atoms with Crippen molar-refractivity contribution < 1.29 is 8.42 Å². The number of rotatable bonds is 3. The van der Waals surface area contributed by atoms with Gasteiger partial charge in [-0.1, -0.05) is 29.3 Å². The molecule has 18 heavy (non-hydrogen) atoms. The fourth-order valence-corrected chi connectivity index (χ4v) is 4.09. The Hall–Kier alpha value is -0.820. The third-order valence-corrected chi connectivity index (χ3v) is 5.65. The Balaban J connectivity index is 2.33. The highest BCUT2D eigenvalue weighted by atomic mass is 35.5. The lowest BCUT2D eigenvalue weighted by atomic mass is 10.4. The zero-order chi connectivity index (χ0) is 13.3. The first-order valence-corrected chi connectivity index (χ1v) is 7.85. The van der Waals surface area contributed by atoms with Gasteiger partial charge in [-0.15, -0.1) is 11.3 Å². The number of hydrogen-bond acceptors (Lipinski definition) is 4. The third kappa shape index (κ3) is 2.95. The van der Waals surface area contributed by atoms with Gasteiger partial charge in [0.05, 0.1) is 4.34 Å². The Morgan fingerprint density at radius 1 is 1.33 bits per heavy atom. The molecular formula is C10H8Cl2N2O2S2. The molecule has 0 fully saturated rings. The fourth-order valence-electron chi connectivity index (χ4n) is 1.22. The molecule has 0 atom stereocenters. The number of thiophene rings is 1. The van der Waals surface area contributed by atoms with Gasteiger partial charge in [-0.2, -0.15) is 0 Å². The molecule has 0 saturated heterocycles. The lowest BCUT2D eigenvalue weighted by Crippen LogP contribution is -2.12. The molecule has 0 aliphatic heterocycles. The largest absolute Gasteiger partial charge is 0.272 e. The van der Waals surface area contributed by atoms with Gasteiger partial charge in [0.15, 0.2) is 0 Å². The SMILES string of the molecule is Cc1cc(S(=O)(=O)Nc2cccc(Cl)n2)sc1Cl. The standard InChI is InChI=1S/C10H8Cl2N2O2S2/c1-6-5-9(17-10(6)12)18(15,16)14-8-4-2-3-7(11)13-8/h2-5H,1H3,(H,13,14). The van der Waals surface area contributed by atoms with Crippen LogP contribution in [-0.4, -0.2) is 13.4 Å². The topological polar surface area (TPSA) is 59.1 Å². The van der Waals surface area contributed by atoms with Gasteiger partial charge in [0.2, 0.25) is 0 Å². The zero-order valence-electron chi connectivity index (χ0n) is 9.15. The van der Waals surface area contributed by atoms with Crippen LogP contribution in [-0.2, 0) is 10.0 Å². The van der Waals surface area contributed by atoms with Gasteiger partial charge >= 0.3 is 0 Å². The number of sulfonamides is 1. The second kappa shape index (κ2) is 5.05. The molecule has 0 saturated carbocycles. The first kappa shape index (κ1) is 13.6. The van der Waals surface area contributed by atoms with Gasteiger partial charge in [0.25, 0.3) is 10.0 Å². The van der Waals surface area contributed by atoms with Crippen molar-refractivity contribution >= 4 is 50.4 Å². The molecular weight excluding hydrogens is 315 g/mol. The molecule has 4 nitrogen and oxygen atoms in total. The summed E-state index contributed by atoms with van der Waals surface area (Å²) in [5.74, 6) is 0.171. The summed E-state index contributed by atoms with van der Waals surface area (Å²) in [6, 6.07) is 6.21. The number of pyridine rings is 1. The summed E-state index contributed by atoms with van der Waals surface area (Å²) in [6.45, 7) is 1.75. The van der Waals surface area contributed by atoms with E-state index in [-0.39, 0.29) is 15.2 Å². The van der Waals surface area contributed by atoms with Crippen molar-refractivity contribution in [1.29, 1.82) is 0 Å². The molecule has 2 aromatic rings. The average Bonchev–Trinajstić information content (AvgIpc) is 2.59. The molecule has 0 spiro atoms. The van der Waals surface area contributed by atoms with Crippen LogP contribution < -0.4 is 4.72 Å². The van der Waals surface area contributed by atoms with Crippen LogP contribution in [0.25, 0.3) is 0 Å². The number of aryl methyl sites for hydroxylation is 1. The second-order valence-electron chi connectivity index (χ2n) is 3.47. The van der Waals surface area contributed by atoms with E-state index < -0.39 is 10.0 Å². The van der Waals surface area contributed by atoms with Crippen LogP contribution in [0.1, 0.15) is 5.56 Å². The molecule has 0 aliphatic carbocycles. The van der Waals surface area contributed by atoms with E-state index in [2.05, 4.69) is 9.71 Å². The van der Waals surface area contributed by atoms with Crippen LogP contribution in [0.5, 0.6) is 0 Å². The van der Waals surface area contributed by atoms with E-state index >= 15 is 0 Å². The summed E-state index contributed by atoms with van der Waals surface area (Å²) in [6.07, 6.45) is 0. The van der Waals surface area contributed by atoms with E-state index in [1.54, 1.807) is 19.1 Å². The summed E-state index contributed by atoms with van der Waals surface area (Å²) in [4.78, 5) is 3.86. The maximum absolute atomic E-state index is 12.0. The molecule has 2 heterocycles. The minimum atomic E-state index is -3.67. The van der Waals surface area contributed by atoms with Crippen LogP contribution in [0.2, 0.25) is 9.49 Å². The summed E-state index contributed by atoms with van der Waals surface area (Å²) in [7, 11) is -3.67. The van der Waals surface area contributed by atoms with E-state index in [0.717, 1.165) is 16.9 Å². The Bertz CT molecular complexity index is 663. The van der Waals surface area contributed by atoms with Gasteiger partial charge < -0.3 is 0 Å². The predicted molar refractivity (Wildman–Crippen MR) is 74.1 cm³/mol. The van der Waals surface area contributed by atoms with Crippen molar-refractivity contribution in [2.24, 2.45) is 0 Å². The Kier molecular flexibility index (Phi) is 3.82. The van der Waals surface area contributed by atoms with Crippen LogP contribution in [0.3, 0.4) is 0 Å². The van der Waals surface area contributed by atoms with Crippen LogP contribution >= 0.6 is 34.5 Å². The number of hydrogen-bond donors (Lipinski definition) is 1. The minimum Gasteiger partial charge on any atom is -0.263 e. The van der Waals surface area contributed by atoms with Crippen molar-refractivity contribution in [3.05, 3.63) is 39.3 Å². The summed E-state index contributed by atoms with van der Waals surface area (Å²) in [5, 5.41) is 0.218. The lowest BCUT2D eigenvalue weighted by Gasteiger charge is -2.04. The molecule has 0 amide bonds. The van der Waals surface area contributed by atoms with Gasteiger partial charge in [0.1, 0.15) is 15.2 Å². The zero-order valence-corrected chi connectivity index (χ0v) is 12.3. The van der Waals surface area contributed by atoms with Gasteiger partial charge in [-0.3, -0.25) is 4.72 Å². The van der Waals surface area contributed by atoms with Gasteiger partial charge in [0, 0.05) is 0 Å². The number of anilines is 1. The van der Waals surface area contributed by atoms with Crippen LogP contribution in [0, 0.1) is 6.92 Å². The number of nitrogens with one attached hydrogen (secondary N) is 1. The van der Waals surface area contributed by atoms with Crippen molar-refractivity contribution in [2.45, 2.75) is 11.1 Å². The van der Waals surface area contributed by atoms with E-state index in [0.29, 0.717) is 4.34 Å². The molecule has 1 N–H and O–H groups in total. The predicted octanol–water partition coefficient (Wildman–Crippen LogP) is 3.56. The van der Waals surface area contributed by atoms with Crippen molar-refractivity contribution in [2.75, 3.05) is 4.72 Å². The lowest BCUT2D eigenvalue weighted by molar-refractivity contribution is 0.603. The first-order valence-electron chi connectivity index (χ1n) is 4.80. The molecule has 2 rings (SSSR count). The highest BCUT2D eigenvalue weighted by molar-refractivity contribution is 7.94. The molecule has 96 valence electrons. The summed E-state index contributed by atoms with van der Waals surface area (Å²) < 4.78 is 27.0. The highest BCUT2D eigenvalue weighted by Crippen LogP contribution is 2.31. The third-order valence-electron chi connectivity index (χ3n) is 2.05. The van der Waals surface area contributed by atoms with Crippen LogP contribution in [0.15, 0.2) is 28.5 Å². The van der Waals surface area contributed by atoms with Crippen molar-refractivity contribution in [1.82, 2.24) is 4.98 Å². The average molecular weight is 323 g/mol. The Labute approximate surface area is 119 Å². The van der Waals surface area contributed by atoms with E-state index in [1.165, 1.54) is 12.1 Å². The summed E-state index contributed by atoms with van der Waals surface area (Å²) in [5.41, 5.74) is 0.723. The monoisotopic (exact) mass is 322 g/mol. The van der Waals surface area contributed by atoms with Crippen molar-refractivity contribution in [3.63, 3.8) is 0 Å². The molecule has 8 heteroatoms. The molecule has 0 unspecified atom stereocenters. The maximum atomic E-state index is 12.0. The minimum absolute atomic E-state index is 0.145. The quantitative estimate of drug-likeness (QED) is 0.879. The number of nitrogens with zero attached hydrogens (tertiary/aromatic N) is 1. The Morgan fingerprint density at radius 2 is 2.06 bits per heavy atom. The van der Waals surface area contributed by atoms with Crippen LogP contribution in [0.4, 0.5) is 5.82 Å². The van der Waals surface area contributed by atoms with Gasteiger partial charge in [-0.25, -0.2) is 13.4 Å². The molecule has 0 radical (unpaired) electrons. The number of aromatic nitrogens is 1. The Morgan fingerprint density at radius 3 is 2.61 bits per heavy atom. The van der Waals surface area contributed by atoms with E-state index in [9.17, 15) is 8.42 Å². The molecule has 0 aromatic carbocycles. The van der Waals surface area contributed by atoms with Crippen molar-refractivity contribution in [3.8, 4) is 0 Å². The fraction of sp³-hybridized carbons (Fsp3) is 0.100. The van der Waals surface area contributed by atoms with E-state index in [1.807, 2.05) is 0 Å². The van der Waals surface area contributed by atoms with E-state index in [4.69, 9.17) is 23.2 Å².